The lowest BCUT2D eigenvalue weighted by Gasteiger charge is -2.08. The van der Waals surface area contributed by atoms with Crippen LogP contribution in [0.2, 0.25) is 0 Å². The molecular weight excluding hydrogens is 250 g/mol. The van der Waals surface area contributed by atoms with Crippen LogP contribution in [-0.4, -0.2) is 34.4 Å². The van der Waals surface area contributed by atoms with Crippen LogP contribution in [0.25, 0.3) is 11.0 Å². The van der Waals surface area contributed by atoms with Crippen molar-refractivity contribution >= 4 is 11.0 Å². The predicted octanol–water partition coefficient (Wildman–Crippen LogP) is 2.13. The molecular formula is C16H25N3O. The molecule has 1 aromatic heterocycles. The van der Waals surface area contributed by atoms with Crippen molar-refractivity contribution in [3.63, 3.8) is 0 Å². The van der Waals surface area contributed by atoms with Gasteiger partial charge in [-0.3, -0.25) is 0 Å². The van der Waals surface area contributed by atoms with E-state index in [2.05, 4.69) is 41.9 Å². The van der Waals surface area contributed by atoms with Gasteiger partial charge >= 0.3 is 0 Å². The van der Waals surface area contributed by atoms with Gasteiger partial charge in [0.15, 0.2) is 0 Å². The van der Waals surface area contributed by atoms with Crippen molar-refractivity contribution in [3.05, 3.63) is 29.6 Å². The minimum absolute atomic E-state index is 0.149. The van der Waals surface area contributed by atoms with Gasteiger partial charge in [0, 0.05) is 19.5 Å². The maximum atomic E-state index is 9.27. The van der Waals surface area contributed by atoms with Crippen molar-refractivity contribution < 1.29 is 5.11 Å². The fourth-order valence-corrected chi connectivity index (χ4v) is 2.49. The van der Waals surface area contributed by atoms with Crippen molar-refractivity contribution in [1.29, 1.82) is 0 Å². The number of rotatable bonds is 8. The van der Waals surface area contributed by atoms with E-state index in [1.54, 1.807) is 0 Å². The number of aliphatic hydroxyl groups is 1. The van der Waals surface area contributed by atoms with E-state index in [-0.39, 0.29) is 6.61 Å². The highest BCUT2D eigenvalue weighted by Crippen LogP contribution is 2.18. The standard InChI is InChI=1S/C16H25N3O/c1-3-8-17-9-7-16-18-14-12-13(4-2)5-6-15(14)19(16)10-11-20/h5-6,12,17,20H,3-4,7-11H2,1-2H3. The van der Waals surface area contributed by atoms with Gasteiger partial charge in [-0.25, -0.2) is 4.98 Å². The summed E-state index contributed by atoms with van der Waals surface area (Å²) in [5.41, 5.74) is 3.48. The number of aromatic nitrogens is 2. The third-order valence-corrected chi connectivity index (χ3v) is 3.58. The number of benzene rings is 1. The van der Waals surface area contributed by atoms with Crippen molar-refractivity contribution in [3.8, 4) is 0 Å². The van der Waals surface area contributed by atoms with Crippen LogP contribution < -0.4 is 5.32 Å². The predicted molar refractivity (Wildman–Crippen MR) is 83.1 cm³/mol. The van der Waals surface area contributed by atoms with Crippen LogP contribution in [0.4, 0.5) is 0 Å². The Hall–Kier alpha value is -1.39. The van der Waals surface area contributed by atoms with Gasteiger partial charge in [0.05, 0.1) is 17.6 Å². The van der Waals surface area contributed by atoms with E-state index in [0.717, 1.165) is 49.2 Å². The molecule has 4 heteroatoms. The first-order valence-corrected chi connectivity index (χ1v) is 7.59. The molecule has 0 atom stereocenters. The van der Waals surface area contributed by atoms with Crippen molar-refractivity contribution in [1.82, 2.24) is 14.9 Å². The Kier molecular flexibility index (Phi) is 5.56. The first-order valence-electron chi connectivity index (χ1n) is 7.59. The molecule has 0 aliphatic carbocycles. The van der Waals surface area contributed by atoms with E-state index < -0.39 is 0 Å². The SMILES string of the molecule is CCCNCCc1nc2cc(CC)ccc2n1CCO. The van der Waals surface area contributed by atoms with Crippen molar-refractivity contribution in [2.75, 3.05) is 19.7 Å². The summed E-state index contributed by atoms with van der Waals surface area (Å²) in [5, 5.41) is 12.7. The average molecular weight is 275 g/mol. The van der Waals surface area contributed by atoms with Crippen LogP contribution in [0.3, 0.4) is 0 Å². The second-order valence-electron chi connectivity index (χ2n) is 5.08. The summed E-state index contributed by atoms with van der Waals surface area (Å²) < 4.78 is 2.14. The van der Waals surface area contributed by atoms with E-state index in [4.69, 9.17) is 4.98 Å². The van der Waals surface area contributed by atoms with Gasteiger partial charge in [0.25, 0.3) is 0 Å². The lowest BCUT2D eigenvalue weighted by atomic mass is 10.1. The van der Waals surface area contributed by atoms with Crippen molar-refractivity contribution in [2.45, 2.75) is 39.7 Å². The first kappa shape index (κ1) is 15.0. The molecule has 2 aromatic rings. The quantitative estimate of drug-likeness (QED) is 0.726. The molecule has 0 unspecified atom stereocenters. The molecule has 0 spiro atoms. The number of aliphatic hydroxyl groups excluding tert-OH is 1. The van der Waals surface area contributed by atoms with Gasteiger partial charge in [-0.1, -0.05) is 19.9 Å². The number of hydrogen-bond donors (Lipinski definition) is 2. The fraction of sp³-hybridized carbons (Fsp3) is 0.562. The lowest BCUT2D eigenvalue weighted by molar-refractivity contribution is 0.276. The third kappa shape index (κ3) is 3.38. The Bertz CT molecular complexity index is 548. The smallest absolute Gasteiger partial charge is 0.111 e. The van der Waals surface area contributed by atoms with Gasteiger partial charge in [0.1, 0.15) is 5.82 Å². The van der Waals surface area contributed by atoms with Crippen molar-refractivity contribution in [2.24, 2.45) is 0 Å². The van der Waals surface area contributed by atoms with E-state index in [1.807, 2.05) is 0 Å². The van der Waals surface area contributed by atoms with Gasteiger partial charge in [-0.05, 0) is 37.1 Å². The summed E-state index contributed by atoms with van der Waals surface area (Å²) in [4.78, 5) is 4.75. The monoisotopic (exact) mass is 275 g/mol. The highest BCUT2D eigenvalue weighted by molar-refractivity contribution is 5.77. The number of nitrogens with zero attached hydrogens (tertiary/aromatic N) is 2. The molecule has 0 bridgehead atoms. The van der Waals surface area contributed by atoms with E-state index in [0.29, 0.717) is 6.54 Å². The molecule has 0 saturated carbocycles. The average Bonchev–Trinajstić information content (AvgIpc) is 2.81. The normalized spacial score (nSPS) is 11.3. The summed E-state index contributed by atoms with van der Waals surface area (Å²) in [6.45, 7) is 7.06. The molecule has 0 fully saturated rings. The summed E-state index contributed by atoms with van der Waals surface area (Å²) in [6, 6.07) is 6.43. The first-order chi connectivity index (χ1) is 9.80. The zero-order chi connectivity index (χ0) is 14.4. The number of hydrogen-bond acceptors (Lipinski definition) is 3. The molecule has 0 saturated heterocycles. The fourth-order valence-electron chi connectivity index (χ4n) is 2.49. The summed E-state index contributed by atoms with van der Waals surface area (Å²) in [7, 11) is 0. The van der Waals surface area contributed by atoms with E-state index in [1.165, 1.54) is 5.56 Å². The highest BCUT2D eigenvalue weighted by atomic mass is 16.3. The molecule has 0 aliphatic rings. The lowest BCUT2D eigenvalue weighted by Crippen LogP contribution is -2.20. The Morgan fingerprint density at radius 2 is 2.10 bits per heavy atom. The molecule has 110 valence electrons. The highest BCUT2D eigenvalue weighted by Gasteiger charge is 2.10. The van der Waals surface area contributed by atoms with Gasteiger partial charge in [-0.2, -0.15) is 0 Å². The second-order valence-corrected chi connectivity index (χ2v) is 5.08. The third-order valence-electron chi connectivity index (χ3n) is 3.58. The Labute approximate surface area is 120 Å². The van der Waals surface area contributed by atoms with Crippen LogP contribution in [0.5, 0.6) is 0 Å². The second kappa shape index (κ2) is 7.41. The minimum Gasteiger partial charge on any atom is -0.395 e. The largest absolute Gasteiger partial charge is 0.395 e. The molecule has 20 heavy (non-hydrogen) atoms. The molecule has 2 N–H and O–H groups in total. The summed E-state index contributed by atoms with van der Waals surface area (Å²) in [6.07, 6.45) is 3.07. The van der Waals surface area contributed by atoms with Crippen LogP contribution in [0.1, 0.15) is 31.7 Å². The zero-order valence-electron chi connectivity index (χ0n) is 12.5. The number of aryl methyl sites for hydroxylation is 1. The van der Waals surface area contributed by atoms with Gasteiger partial charge < -0.3 is 15.0 Å². The molecule has 0 radical (unpaired) electrons. The summed E-state index contributed by atoms with van der Waals surface area (Å²) >= 11 is 0. The maximum Gasteiger partial charge on any atom is 0.111 e. The molecule has 1 aromatic carbocycles. The summed E-state index contributed by atoms with van der Waals surface area (Å²) in [5.74, 6) is 1.06. The zero-order valence-corrected chi connectivity index (χ0v) is 12.5. The van der Waals surface area contributed by atoms with Gasteiger partial charge in [0.2, 0.25) is 0 Å². The Morgan fingerprint density at radius 3 is 2.80 bits per heavy atom. The number of fused-ring (bicyclic) bond motifs is 1. The molecule has 0 amide bonds. The van der Waals surface area contributed by atoms with Crippen LogP contribution in [0.15, 0.2) is 18.2 Å². The number of nitrogens with one attached hydrogen (secondary N) is 1. The topological polar surface area (TPSA) is 50.1 Å². The Balaban J connectivity index is 2.24. The van der Waals surface area contributed by atoms with Crippen LogP contribution in [0, 0.1) is 0 Å². The Morgan fingerprint density at radius 1 is 1.25 bits per heavy atom. The molecule has 1 heterocycles. The van der Waals surface area contributed by atoms with Crippen LogP contribution >= 0.6 is 0 Å². The molecule has 2 rings (SSSR count). The molecule has 0 aliphatic heterocycles. The maximum absolute atomic E-state index is 9.27. The van der Waals surface area contributed by atoms with Gasteiger partial charge in [-0.15, -0.1) is 0 Å². The van der Waals surface area contributed by atoms with E-state index in [9.17, 15) is 5.11 Å². The van der Waals surface area contributed by atoms with Crippen LogP contribution in [-0.2, 0) is 19.4 Å². The number of imidazole rings is 1. The minimum atomic E-state index is 0.149. The molecule has 4 nitrogen and oxygen atoms in total. The van der Waals surface area contributed by atoms with E-state index >= 15 is 0 Å².